The summed E-state index contributed by atoms with van der Waals surface area (Å²) in [5, 5.41) is 10.6. The molecule has 0 saturated carbocycles. The first-order chi connectivity index (χ1) is 44.9. The summed E-state index contributed by atoms with van der Waals surface area (Å²) in [6, 6.07) is 0. The van der Waals surface area contributed by atoms with Crippen molar-refractivity contribution in [2.75, 3.05) is 39.6 Å². The van der Waals surface area contributed by atoms with Gasteiger partial charge in [-0.05, 0) is 37.5 Å². The van der Waals surface area contributed by atoms with Crippen molar-refractivity contribution in [3.8, 4) is 0 Å². The van der Waals surface area contributed by atoms with Crippen LogP contribution in [-0.2, 0) is 65.4 Å². The summed E-state index contributed by atoms with van der Waals surface area (Å²) in [5.41, 5.74) is 0. The van der Waals surface area contributed by atoms with Gasteiger partial charge in [-0.2, -0.15) is 0 Å². The van der Waals surface area contributed by atoms with Crippen LogP contribution in [0.25, 0.3) is 0 Å². The van der Waals surface area contributed by atoms with Gasteiger partial charge in [0, 0.05) is 25.7 Å². The maximum absolute atomic E-state index is 13.1. The van der Waals surface area contributed by atoms with E-state index in [0.717, 1.165) is 102 Å². The van der Waals surface area contributed by atoms with E-state index in [1.807, 2.05) is 0 Å². The third kappa shape index (κ3) is 68.4. The van der Waals surface area contributed by atoms with Gasteiger partial charge in [-0.15, -0.1) is 0 Å². The van der Waals surface area contributed by atoms with Crippen LogP contribution >= 0.6 is 15.6 Å². The number of phosphoric acid groups is 2. The Balaban J connectivity index is 5.24. The predicted molar refractivity (Wildman–Crippen MR) is 377 cm³/mol. The van der Waals surface area contributed by atoms with Crippen LogP contribution < -0.4 is 0 Å². The van der Waals surface area contributed by atoms with Crippen LogP contribution in [0, 0.1) is 11.8 Å². The van der Waals surface area contributed by atoms with E-state index < -0.39 is 97.5 Å². The molecule has 0 spiro atoms. The fraction of sp³-hybridized carbons (Fsp3) is 0.946. The zero-order valence-corrected chi connectivity index (χ0v) is 62.3. The van der Waals surface area contributed by atoms with Gasteiger partial charge in [0.05, 0.1) is 26.4 Å². The largest absolute Gasteiger partial charge is 0.472 e. The number of hydrogen-bond acceptors (Lipinski definition) is 15. The van der Waals surface area contributed by atoms with Crippen LogP contribution in [0.1, 0.15) is 382 Å². The number of phosphoric ester groups is 2. The lowest BCUT2D eigenvalue weighted by atomic mass is 10.0. The highest BCUT2D eigenvalue weighted by atomic mass is 31.2. The molecule has 0 aromatic carbocycles. The Hall–Kier alpha value is -1.94. The molecule has 0 fully saturated rings. The minimum Gasteiger partial charge on any atom is -0.462 e. The van der Waals surface area contributed by atoms with E-state index in [1.54, 1.807) is 0 Å². The van der Waals surface area contributed by atoms with Crippen molar-refractivity contribution in [2.24, 2.45) is 11.8 Å². The van der Waals surface area contributed by atoms with Crippen molar-refractivity contribution in [3.05, 3.63) is 0 Å². The fourth-order valence-electron chi connectivity index (χ4n) is 11.3. The Morgan fingerprint density at radius 1 is 0.290 bits per heavy atom. The van der Waals surface area contributed by atoms with Gasteiger partial charge < -0.3 is 33.8 Å². The second-order valence-electron chi connectivity index (χ2n) is 27.6. The molecule has 93 heavy (non-hydrogen) atoms. The predicted octanol–water partition coefficient (Wildman–Crippen LogP) is 21.6. The molecule has 5 atom stereocenters. The summed E-state index contributed by atoms with van der Waals surface area (Å²) in [4.78, 5) is 72.7. The molecule has 0 bridgehead atoms. The van der Waals surface area contributed by atoms with Gasteiger partial charge in [0.2, 0.25) is 0 Å². The first-order valence-corrected chi connectivity index (χ1v) is 41.5. The van der Waals surface area contributed by atoms with Gasteiger partial charge in [-0.25, -0.2) is 9.13 Å². The van der Waals surface area contributed by atoms with Gasteiger partial charge in [0.1, 0.15) is 19.3 Å². The summed E-state index contributed by atoms with van der Waals surface area (Å²) < 4.78 is 68.4. The molecule has 0 aliphatic heterocycles. The fourth-order valence-corrected chi connectivity index (χ4v) is 12.9. The van der Waals surface area contributed by atoms with E-state index in [2.05, 4.69) is 41.5 Å². The number of carbonyl (C=O) groups is 4. The van der Waals surface area contributed by atoms with Gasteiger partial charge in [0.25, 0.3) is 0 Å². The smallest absolute Gasteiger partial charge is 0.462 e. The van der Waals surface area contributed by atoms with Crippen LogP contribution in [0.2, 0.25) is 0 Å². The zero-order valence-electron chi connectivity index (χ0n) is 60.6. The Kier molecular flexibility index (Phi) is 64.6. The summed E-state index contributed by atoms with van der Waals surface area (Å²) in [6.45, 7) is 9.49. The quantitative estimate of drug-likeness (QED) is 0.0222. The third-order valence-corrected chi connectivity index (χ3v) is 19.1. The standard InChI is InChI=1S/C74H144O17P2/c1-7-9-11-13-15-17-19-21-23-24-26-28-30-32-39-46-52-58-73(78)90-69(62-84-71(76)56-50-44-38-31-29-27-25-22-20-18-16-14-12-10-8-2)64-88-92(80,81)86-60-68(75)61-87-93(82,83)89-65-70(63-85-72(77)57-51-45-41-35-37-43-49-55-67(5)6)91-74(79)59-53-47-40-34-33-36-42-48-54-66(3)4/h66-70,75H,7-65H2,1-6H3,(H,80,81)(H,82,83)/t68-,69-,70-/m1/s1. The van der Waals surface area contributed by atoms with Crippen LogP contribution in [0.15, 0.2) is 0 Å². The summed E-state index contributed by atoms with van der Waals surface area (Å²) >= 11 is 0. The molecule has 3 N–H and O–H groups in total. The summed E-state index contributed by atoms with van der Waals surface area (Å²) in [7, 11) is -9.91. The normalized spacial score (nSPS) is 14.1. The van der Waals surface area contributed by atoms with E-state index in [-0.39, 0.29) is 25.7 Å². The number of ether oxygens (including phenoxy) is 4. The molecule has 0 radical (unpaired) electrons. The van der Waals surface area contributed by atoms with E-state index >= 15 is 0 Å². The zero-order chi connectivity index (χ0) is 68.6. The molecule has 0 aromatic heterocycles. The number of aliphatic hydroxyl groups excluding tert-OH is 1. The molecule has 0 aliphatic rings. The molecule has 0 amide bonds. The van der Waals surface area contributed by atoms with Gasteiger partial charge >= 0.3 is 39.5 Å². The van der Waals surface area contributed by atoms with E-state index in [9.17, 15) is 43.2 Å². The van der Waals surface area contributed by atoms with Gasteiger partial charge in [-0.3, -0.25) is 37.3 Å². The Bertz CT molecular complexity index is 1800. The first kappa shape index (κ1) is 91.1. The van der Waals surface area contributed by atoms with Gasteiger partial charge in [0.15, 0.2) is 12.2 Å². The molecule has 0 heterocycles. The lowest BCUT2D eigenvalue weighted by molar-refractivity contribution is -0.161. The van der Waals surface area contributed by atoms with Crippen molar-refractivity contribution in [1.82, 2.24) is 0 Å². The van der Waals surface area contributed by atoms with Crippen LogP contribution in [0.5, 0.6) is 0 Å². The van der Waals surface area contributed by atoms with Crippen molar-refractivity contribution in [2.45, 2.75) is 400 Å². The average molecular weight is 1370 g/mol. The number of esters is 4. The van der Waals surface area contributed by atoms with E-state index in [1.165, 1.54) is 193 Å². The molecule has 19 heteroatoms. The van der Waals surface area contributed by atoms with E-state index in [4.69, 9.17) is 37.0 Å². The van der Waals surface area contributed by atoms with Crippen LogP contribution in [0.3, 0.4) is 0 Å². The minimum absolute atomic E-state index is 0.104. The number of hydrogen-bond donors (Lipinski definition) is 3. The highest BCUT2D eigenvalue weighted by molar-refractivity contribution is 7.47. The molecular formula is C74H144O17P2. The Labute approximate surface area is 568 Å². The molecule has 0 aliphatic carbocycles. The number of carbonyl (C=O) groups excluding carboxylic acids is 4. The molecule has 0 aromatic rings. The third-order valence-electron chi connectivity index (χ3n) is 17.2. The summed E-state index contributed by atoms with van der Waals surface area (Å²) in [5.74, 6) is -0.697. The Morgan fingerprint density at radius 2 is 0.495 bits per heavy atom. The molecular weight excluding hydrogens is 1220 g/mol. The maximum Gasteiger partial charge on any atom is 0.472 e. The maximum atomic E-state index is 13.1. The molecule has 0 saturated heterocycles. The van der Waals surface area contributed by atoms with Crippen molar-refractivity contribution in [3.63, 3.8) is 0 Å². The van der Waals surface area contributed by atoms with Crippen molar-refractivity contribution in [1.29, 1.82) is 0 Å². The molecule has 17 nitrogen and oxygen atoms in total. The summed E-state index contributed by atoms with van der Waals surface area (Å²) in [6.07, 6.45) is 52.8. The minimum atomic E-state index is -4.96. The lowest BCUT2D eigenvalue weighted by Crippen LogP contribution is -2.30. The van der Waals surface area contributed by atoms with Crippen molar-refractivity contribution < 1.29 is 80.2 Å². The first-order valence-electron chi connectivity index (χ1n) is 38.5. The van der Waals surface area contributed by atoms with Crippen molar-refractivity contribution >= 4 is 39.5 Å². The monoisotopic (exact) mass is 1370 g/mol. The molecule has 0 rings (SSSR count). The second kappa shape index (κ2) is 66.0. The van der Waals surface area contributed by atoms with E-state index in [0.29, 0.717) is 31.6 Å². The molecule has 552 valence electrons. The van der Waals surface area contributed by atoms with Crippen LogP contribution in [-0.4, -0.2) is 96.7 Å². The topological polar surface area (TPSA) is 237 Å². The van der Waals surface area contributed by atoms with Gasteiger partial charge in [-0.1, -0.05) is 330 Å². The number of aliphatic hydroxyl groups is 1. The Morgan fingerprint density at radius 3 is 0.731 bits per heavy atom. The number of rotatable bonds is 73. The second-order valence-corrected chi connectivity index (χ2v) is 30.5. The molecule has 2 unspecified atom stereocenters. The highest BCUT2D eigenvalue weighted by Crippen LogP contribution is 2.45. The van der Waals surface area contributed by atoms with Crippen LogP contribution in [0.4, 0.5) is 0 Å². The highest BCUT2D eigenvalue weighted by Gasteiger charge is 2.30. The SMILES string of the molecule is CCCCCCCCCCCCCCCCCCCC(=O)O[C@H](COC(=O)CCCCCCCCCCCCCCCCC)COP(=O)(O)OC[C@@H](O)COP(=O)(O)OC[C@@H](COC(=O)CCCCCCCCCC(C)C)OC(=O)CCCCCCCCCCC(C)C. The lowest BCUT2D eigenvalue weighted by Gasteiger charge is -2.21. The number of unbranched alkanes of at least 4 members (excludes halogenated alkanes) is 43. The average Bonchev–Trinajstić information content (AvgIpc) is 1.97.